The third-order valence-corrected chi connectivity index (χ3v) is 4.30. The molecule has 1 aliphatic rings. The van der Waals surface area contributed by atoms with Crippen LogP contribution in [0.5, 0.6) is 0 Å². The second kappa shape index (κ2) is 6.61. The maximum Gasteiger partial charge on any atom is 0.303 e. The largest absolute Gasteiger partial charge is 0.455 e. The lowest BCUT2D eigenvalue weighted by atomic mass is 9.68. The minimum atomic E-state index is -1.26. The third-order valence-electron chi connectivity index (χ3n) is 4.30. The lowest BCUT2D eigenvalue weighted by molar-refractivity contribution is -0.152. The molecule has 0 radical (unpaired) electrons. The van der Waals surface area contributed by atoms with Crippen molar-refractivity contribution in [2.45, 2.75) is 59.2 Å². The number of allylic oxidation sites excluding steroid dienone is 3. The lowest BCUT2D eigenvalue weighted by Crippen LogP contribution is -2.39. The molecule has 0 fully saturated rings. The Morgan fingerprint density at radius 2 is 2.24 bits per heavy atom. The first-order valence-corrected chi connectivity index (χ1v) is 7.48. The van der Waals surface area contributed by atoms with Crippen molar-refractivity contribution < 1.29 is 14.6 Å². The van der Waals surface area contributed by atoms with Crippen LogP contribution in [0.3, 0.4) is 0 Å². The molecular weight excluding hydrogens is 264 g/mol. The molecule has 3 nitrogen and oxygen atoms in total. The number of hydrogen-bond donors (Lipinski definition) is 1. The van der Waals surface area contributed by atoms with Crippen molar-refractivity contribution >= 4 is 5.97 Å². The van der Waals surface area contributed by atoms with E-state index in [0.29, 0.717) is 0 Å². The van der Waals surface area contributed by atoms with Crippen molar-refractivity contribution in [2.75, 3.05) is 0 Å². The van der Waals surface area contributed by atoms with Crippen molar-refractivity contribution in [3.8, 4) is 0 Å². The van der Waals surface area contributed by atoms with E-state index in [9.17, 15) is 9.90 Å². The zero-order valence-electron chi connectivity index (χ0n) is 13.8. The fourth-order valence-electron chi connectivity index (χ4n) is 2.95. The Morgan fingerprint density at radius 1 is 1.62 bits per heavy atom. The minimum absolute atomic E-state index is 0.163. The van der Waals surface area contributed by atoms with Gasteiger partial charge in [-0.15, -0.1) is 0 Å². The van der Waals surface area contributed by atoms with Crippen LogP contribution in [0, 0.1) is 11.3 Å². The molecule has 0 heterocycles. The van der Waals surface area contributed by atoms with Gasteiger partial charge in [-0.25, -0.2) is 0 Å². The Morgan fingerprint density at radius 3 is 2.71 bits per heavy atom. The molecule has 0 amide bonds. The van der Waals surface area contributed by atoms with Crippen LogP contribution in [0.4, 0.5) is 0 Å². The molecule has 1 aliphatic carbocycles. The number of rotatable bonds is 5. The second-order valence-electron chi connectivity index (χ2n) is 6.80. The summed E-state index contributed by atoms with van der Waals surface area (Å²) >= 11 is 0. The van der Waals surface area contributed by atoms with E-state index < -0.39 is 17.7 Å². The molecule has 0 saturated carbocycles. The summed E-state index contributed by atoms with van der Waals surface area (Å²) < 4.78 is 5.11. The quantitative estimate of drug-likeness (QED) is 0.619. The summed E-state index contributed by atoms with van der Waals surface area (Å²) in [6, 6.07) is 0. The predicted molar refractivity (Wildman–Crippen MR) is 85.8 cm³/mol. The Hall–Kier alpha value is -1.35. The van der Waals surface area contributed by atoms with Crippen molar-refractivity contribution in [1.29, 1.82) is 0 Å². The van der Waals surface area contributed by atoms with E-state index in [2.05, 4.69) is 33.4 Å². The fourth-order valence-corrected chi connectivity index (χ4v) is 2.95. The van der Waals surface area contributed by atoms with Gasteiger partial charge in [-0.1, -0.05) is 44.2 Å². The van der Waals surface area contributed by atoms with Crippen LogP contribution in [0.1, 0.15) is 47.5 Å². The maximum absolute atomic E-state index is 11.1. The van der Waals surface area contributed by atoms with Crippen molar-refractivity contribution in [1.82, 2.24) is 0 Å². The summed E-state index contributed by atoms with van der Waals surface area (Å²) in [6.45, 7) is 13.2. The van der Waals surface area contributed by atoms with Crippen LogP contribution in [0.25, 0.3) is 0 Å². The van der Waals surface area contributed by atoms with E-state index >= 15 is 0 Å². The van der Waals surface area contributed by atoms with Crippen LogP contribution < -0.4 is 0 Å². The van der Waals surface area contributed by atoms with Gasteiger partial charge in [-0.05, 0) is 38.2 Å². The highest BCUT2D eigenvalue weighted by Gasteiger charge is 2.34. The van der Waals surface area contributed by atoms with Gasteiger partial charge in [0.1, 0.15) is 5.60 Å². The summed E-state index contributed by atoms with van der Waals surface area (Å²) in [6.07, 6.45) is 8.95. The van der Waals surface area contributed by atoms with Gasteiger partial charge in [0.15, 0.2) is 6.10 Å². The van der Waals surface area contributed by atoms with Crippen LogP contribution in [0.2, 0.25) is 0 Å². The molecule has 118 valence electrons. The Kier molecular flexibility index (Phi) is 5.57. The van der Waals surface area contributed by atoms with Gasteiger partial charge in [0.25, 0.3) is 0 Å². The van der Waals surface area contributed by atoms with E-state index in [1.165, 1.54) is 18.6 Å². The smallest absolute Gasteiger partial charge is 0.303 e. The van der Waals surface area contributed by atoms with Gasteiger partial charge >= 0.3 is 5.97 Å². The number of carbonyl (C=O) groups is 1. The van der Waals surface area contributed by atoms with Gasteiger partial charge in [-0.2, -0.15) is 0 Å². The molecule has 0 aromatic rings. The van der Waals surface area contributed by atoms with Crippen LogP contribution >= 0.6 is 0 Å². The van der Waals surface area contributed by atoms with Crippen molar-refractivity contribution in [2.24, 2.45) is 11.3 Å². The molecule has 3 heteroatoms. The highest BCUT2D eigenvalue weighted by molar-refractivity contribution is 5.66. The molecule has 0 spiro atoms. The van der Waals surface area contributed by atoms with Gasteiger partial charge < -0.3 is 9.84 Å². The first-order valence-electron chi connectivity index (χ1n) is 7.48. The molecule has 0 aliphatic heterocycles. The third kappa shape index (κ3) is 4.57. The number of hydrogen-bond acceptors (Lipinski definition) is 3. The fraction of sp³-hybridized carbons (Fsp3) is 0.611. The molecular formula is C18H28O3. The summed E-state index contributed by atoms with van der Waals surface area (Å²) in [5.74, 6) is -0.150. The van der Waals surface area contributed by atoms with Gasteiger partial charge in [0.05, 0.1) is 0 Å². The summed E-state index contributed by atoms with van der Waals surface area (Å²) in [5.41, 5.74) is 0.221. The first-order chi connectivity index (χ1) is 9.60. The molecule has 0 aromatic heterocycles. The molecule has 0 bridgehead atoms. The van der Waals surface area contributed by atoms with E-state index in [4.69, 9.17) is 4.74 Å². The van der Waals surface area contributed by atoms with E-state index in [0.717, 1.165) is 12.8 Å². The Bertz CT molecular complexity index is 455. The van der Waals surface area contributed by atoms with Gasteiger partial charge in [-0.3, -0.25) is 4.79 Å². The predicted octanol–water partition coefficient (Wildman–Crippen LogP) is 3.79. The van der Waals surface area contributed by atoms with E-state index in [1.54, 1.807) is 13.0 Å². The normalized spacial score (nSPS) is 25.8. The Labute approximate surface area is 128 Å². The van der Waals surface area contributed by atoms with E-state index in [-0.39, 0.29) is 11.3 Å². The molecule has 1 N–H and O–H groups in total. The Balaban J connectivity index is 2.95. The molecule has 0 aromatic carbocycles. The van der Waals surface area contributed by atoms with Crippen LogP contribution in [0.15, 0.2) is 36.5 Å². The number of carbonyl (C=O) groups excluding carboxylic acids is 1. The van der Waals surface area contributed by atoms with Gasteiger partial charge in [0, 0.05) is 12.8 Å². The van der Waals surface area contributed by atoms with Crippen molar-refractivity contribution in [3.05, 3.63) is 36.5 Å². The standard InChI is InChI=1S/C18H28O3/c1-7-16(21-14(3)19)18(6,20)12-10-15-13(2)9-8-11-17(15,4)5/h7,9-10,12,15-16,20H,1,8,11H2,2-6H3/b12-10+/t15?,16-,18-/m0/s1. The highest BCUT2D eigenvalue weighted by Crippen LogP contribution is 2.42. The highest BCUT2D eigenvalue weighted by atomic mass is 16.6. The number of ether oxygens (including phenoxy) is 1. The SMILES string of the molecule is C=C[C@H](OC(C)=O)[C@@](C)(O)/C=C/C1C(C)=CCCC1(C)C. The average Bonchev–Trinajstić information content (AvgIpc) is 2.33. The van der Waals surface area contributed by atoms with Crippen LogP contribution in [-0.4, -0.2) is 22.8 Å². The summed E-state index contributed by atoms with van der Waals surface area (Å²) in [4.78, 5) is 11.1. The number of aliphatic hydroxyl groups is 1. The molecule has 1 rings (SSSR count). The maximum atomic E-state index is 11.1. The topological polar surface area (TPSA) is 46.5 Å². The monoisotopic (exact) mass is 292 g/mol. The molecule has 3 atom stereocenters. The van der Waals surface area contributed by atoms with Crippen molar-refractivity contribution in [3.63, 3.8) is 0 Å². The molecule has 21 heavy (non-hydrogen) atoms. The lowest BCUT2D eigenvalue weighted by Gasteiger charge is -2.37. The number of esters is 1. The minimum Gasteiger partial charge on any atom is -0.455 e. The second-order valence-corrected chi connectivity index (χ2v) is 6.80. The van der Waals surface area contributed by atoms with Crippen LogP contribution in [-0.2, 0) is 9.53 Å². The van der Waals surface area contributed by atoms with E-state index in [1.807, 2.05) is 6.08 Å². The zero-order valence-corrected chi connectivity index (χ0v) is 13.8. The van der Waals surface area contributed by atoms with Gasteiger partial charge in [0.2, 0.25) is 0 Å². The summed E-state index contributed by atoms with van der Waals surface area (Å²) in [5, 5.41) is 10.6. The summed E-state index contributed by atoms with van der Waals surface area (Å²) in [7, 11) is 0. The average molecular weight is 292 g/mol. The molecule has 0 saturated heterocycles. The first kappa shape index (κ1) is 17.7. The zero-order chi connectivity index (χ0) is 16.3. The molecule has 1 unspecified atom stereocenters.